The lowest BCUT2D eigenvalue weighted by Gasteiger charge is -2.24. The Bertz CT molecular complexity index is 1330. The molecule has 0 saturated heterocycles. The molecule has 0 radical (unpaired) electrons. The second-order valence-electron chi connectivity index (χ2n) is 10.6. The van der Waals surface area contributed by atoms with E-state index in [4.69, 9.17) is 18.9 Å². The molecule has 4 rings (SSSR count). The van der Waals surface area contributed by atoms with E-state index < -0.39 is 16.3 Å². The molecule has 0 aliphatic heterocycles. The number of benzene rings is 3. The molecule has 1 amide bonds. The summed E-state index contributed by atoms with van der Waals surface area (Å²) in [5.41, 5.74) is 2.90. The first kappa shape index (κ1) is 32.3. The maximum Gasteiger partial charge on any atom is 0.421 e. The third-order valence-corrected chi connectivity index (χ3v) is 8.35. The average molecular weight is 611 g/mol. The van der Waals surface area contributed by atoms with Gasteiger partial charge in [0.15, 0.2) is 0 Å². The van der Waals surface area contributed by atoms with Crippen LogP contribution in [0, 0.1) is 0 Å². The number of nitrogens with one attached hydrogen (secondary N) is 2. The van der Waals surface area contributed by atoms with Gasteiger partial charge in [-0.15, -0.1) is 0 Å². The highest BCUT2D eigenvalue weighted by molar-refractivity contribution is 7.88. The van der Waals surface area contributed by atoms with Crippen molar-refractivity contribution in [1.29, 1.82) is 0 Å². The van der Waals surface area contributed by atoms with E-state index >= 15 is 0 Å². The molecule has 1 aliphatic rings. The minimum atomic E-state index is -4.14. The van der Waals surface area contributed by atoms with Crippen LogP contribution in [0.1, 0.15) is 61.1 Å². The van der Waals surface area contributed by atoms with Crippen LogP contribution in [0.3, 0.4) is 0 Å². The number of carbonyl (C=O) groups excluding carboxylic acids is 1. The summed E-state index contributed by atoms with van der Waals surface area (Å²) in [5.74, 6) is 1.25. The van der Waals surface area contributed by atoms with E-state index in [0.717, 1.165) is 48.1 Å². The first-order valence-electron chi connectivity index (χ1n) is 14.9. The number of rotatable bonds is 16. The zero-order valence-electron chi connectivity index (χ0n) is 24.7. The summed E-state index contributed by atoms with van der Waals surface area (Å²) in [5, 5.41) is 0. The van der Waals surface area contributed by atoms with Gasteiger partial charge in [-0.3, -0.25) is 0 Å². The summed E-state index contributed by atoms with van der Waals surface area (Å²) in [6.07, 6.45) is 5.83. The quantitative estimate of drug-likeness (QED) is 0.199. The number of methoxy groups -OCH3 is 1. The topological polar surface area (TPSA) is 112 Å². The molecular weight excluding hydrogens is 568 g/mol. The minimum absolute atomic E-state index is 0.0486. The summed E-state index contributed by atoms with van der Waals surface area (Å²) < 4.78 is 52.2. The third kappa shape index (κ3) is 10.9. The Morgan fingerprint density at radius 1 is 0.884 bits per heavy atom. The lowest BCUT2D eigenvalue weighted by molar-refractivity contribution is 0.142. The van der Waals surface area contributed by atoms with Gasteiger partial charge in [0.05, 0.1) is 19.3 Å². The Balaban J connectivity index is 1.27. The molecule has 1 saturated carbocycles. The molecule has 0 bridgehead atoms. The van der Waals surface area contributed by atoms with E-state index in [9.17, 15) is 13.2 Å². The molecule has 0 atom stereocenters. The van der Waals surface area contributed by atoms with Crippen LogP contribution >= 0.6 is 0 Å². The van der Waals surface area contributed by atoms with Crippen LogP contribution in [-0.2, 0) is 26.1 Å². The van der Waals surface area contributed by atoms with Crippen molar-refractivity contribution in [3.63, 3.8) is 0 Å². The van der Waals surface area contributed by atoms with Crippen LogP contribution in [0.2, 0.25) is 0 Å². The molecule has 3 aromatic rings. The summed E-state index contributed by atoms with van der Waals surface area (Å²) in [6.45, 7) is 1.06. The summed E-state index contributed by atoms with van der Waals surface area (Å²) >= 11 is 0. The maximum atomic E-state index is 12.7. The predicted molar refractivity (Wildman–Crippen MR) is 166 cm³/mol. The monoisotopic (exact) mass is 610 g/mol. The number of hydrogen-bond donors (Lipinski definition) is 2. The number of hydrogen-bond acceptors (Lipinski definition) is 7. The zero-order chi connectivity index (χ0) is 30.3. The number of ether oxygens (including phenoxy) is 4. The van der Waals surface area contributed by atoms with Crippen molar-refractivity contribution in [2.24, 2.45) is 0 Å². The summed E-state index contributed by atoms with van der Waals surface area (Å²) in [4.78, 5) is 12.4. The van der Waals surface area contributed by atoms with E-state index in [0.29, 0.717) is 31.8 Å². The van der Waals surface area contributed by atoms with Gasteiger partial charge in [0.1, 0.15) is 18.1 Å². The van der Waals surface area contributed by atoms with E-state index in [1.54, 1.807) is 7.11 Å². The SMILES string of the molecule is COCCOc1ccc(CCCOC(=O)NS(=O)(=O)NCC(c2ccccc2)c2ccccc2)c(OC2CCCCC2)c1. The third-order valence-electron chi connectivity index (χ3n) is 7.36. The van der Waals surface area contributed by atoms with Crippen molar-refractivity contribution in [3.05, 3.63) is 95.6 Å². The van der Waals surface area contributed by atoms with Crippen LogP contribution in [0.5, 0.6) is 11.5 Å². The normalized spacial score (nSPS) is 13.9. The molecule has 0 heterocycles. The van der Waals surface area contributed by atoms with Gasteiger partial charge in [-0.2, -0.15) is 13.1 Å². The molecular formula is C33H42N2O7S. The van der Waals surface area contributed by atoms with Gasteiger partial charge in [0.25, 0.3) is 0 Å². The van der Waals surface area contributed by atoms with Gasteiger partial charge in [-0.1, -0.05) is 73.2 Å². The summed E-state index contributed by atoms with van der Waals surface area (Å²) in [6, 6.07) is 25.0. The van der Waals surface area contributed by atoms with Crippen molar-refractivity contribution in [2.45, 2.75) is 57.0 Å². The fourth-order valence-electron chi connectivity index (χ4n) is 5.14. The zero-order valence-corrected chi connectivity index (χ0v) is 25.5. The van der Waals surface area contributed by atoms with Gasteiger partial charge in [0, 0.05) is 25.6 Å². The Hall–Kier alpha value is -3.60. The highest BCUT2D eigenvalue weighted by atomic mass is 32.2. The van der Waals surface area contributed by atoms with Crippen LogP contribution < -0.4 is 18.9 Å². The number of amides is 1. The summed E-state index contributed by atoms with van der Waals surface area (Å²) in [7, 11) is -2.51. The maximum absolute atomic E-state index is 12.7. The van der Waals surface area contributed by atoms with Crippen molar-refractivity contribution in [2.75, 3.05) is 33.5 Å². The van der Waals surface area contributed by atoms with E-state index in [-0.39, 0.29) is 25.2 Å². The number of aryl methyl sites for hydroxylation is 1. The Morgan fingerprint density at radius 2 is 1.56 bits per heavy atom. The van der Waals surface area contributed by atoms with Crippen molar-refractivity contribution in [1.82, 2.24) is 9.44 Å². The Morgan fingerprint density at radius 3 is 2.21 bits per heavy atom. The number of carbonyl (C=O) groups is 1. The smallest absolute Gasteiger partial charge is 0.421 e. The largest absolute Gasteiger partial charge is 0.491 e. The van der Waals surface area contributed by atoms with Gasteiger partial charge in [-0.25, -0.2) is 9.52 Å². The van der Waals surface area contributed by atoms with Gasteiger partial charge >= 0.3 is 16.3 Å². The fourth-order valence-corrected chi connectivity index (χ4v) is 5.88. The second-order valence-corrected chi connectivity index (χ2v) is 12.1. The first-order chi connectivity index (χ1) is 20.9. The van der Waals surface area contributed by atoms with Crippen LogP contribution in [0.25, 0.3) is 0 Å². The molecule has 1 aliphatic carbocycles. The van der Waals surface area contributed by atoms with Crippen molar-refractivity contribution < 1.29 is 32.2 Å². The van der Waals surface area contributed by atoms with E-state index in [1.165, 1.54) is 6.42 Å². The van der Waals surface area contributed by atoms with E-state index in [1.807, 2.05) is 83.6 Å². The average Bonchev–Trinajstić information content (AvgIpc) is 3.02. The van der Waals surface area contributed by atoms with Crippen LogP contribution in [-0.4, -0.2) is 54.1 Å². The molecule has 10 heteroatoms. The van der Waals surface area contributed by atoms with Crippen molar-refractivity contribution >= 4 is 16.3 Å². The molecule has 1 fully saturated rings. The Labute approximate surface area is 255 Å². The molecule has 232 valence electrons. The molecule has 2 N–H and O–H groups in total. The molecule has 3 aromatic carbocycles. The van der Waals surface area contributed by atoms with Gasteiger partial charge in [0.2, 0.25) is 0 Å². The standard InChI is InChI=1S/C33H42N2O7S/c1-39-22-23-40-30-20-19-28(32(24-30)42-29-17-9-4-10-18-29)16-11-21-41-33(36)35-43(37,38)34-25-31(26-12-5-2-6-13-26)27-14-7-3-8-15-27/h2-3,5-8,12-15,19-20,24,29,31,34H,4,9-11,16-18,21-23,25H2,1H3,(H,35,36). The van der Waals surface area contributed by atoms with Crippen molar-refractivity contribution in [3.8, 4) is 11.5 Å². The minimum Gasteiger partial charge on any atom is -0.491 e. The first-order valence-corrected chi connectivity index (χ1v) is 16.4. The lowest BCUT2D eigenvalue weighted by Crippen LogP contribution is -2.42. The highest BCUT2D eigenvalue weighted by Gasteiger charge is 2.21. The molecule has 0 spiro atoms. The molecule has 43 heavy (non-hydrogen) atoms. The fraction of sp³-hybridized carbons (Fsp3) is 0.424. The van der Waals surface area contributed by atoms with Gasteiger partial charge < -0.3 is 18.9 Å². The van der Waals surface area contributed by atoms with Gasteiger partial charge in [-0.05, 0) is 61.3 Å². The molecule has 0 aromatic heterocycles. The van der Waals surface area contributed by atoms with Crippen LogP contribution in [0.15, 0.2) is 78.9 Å². The Kier molecular flexibility index (Phi) is 12.7. The highest BCUT2D eigenvalue weighted by Crippen LogP contribution is 2.30. The molecule has 0 unspecified atom stereocenters. The molecule has 9 nitrogen and oxygen atoms in total. The second kappa shape index (κ2) is 16.9. The van der Waals surface area contributed by atoms with Crippen LogP contribution in [0.4, 0.5) is 4.79 Å². The predicted octanol–water partition coefficient (Wildman–Crippen LogP) is 5.75. The van der Waals surface area contributed by atoms with E-state index in [2.05, 4.69) is 4.72 Å². The lowest BCUT2D eigenvalue weighted by atomic mass is 9.92.